The Morgan fingerprint density at radius 1 is 1.35 bits per heavy atom. The van der Waals surface area contributed by atoms with Gasteiger partial charge in [-0.15, -0.1) is 11.3 Å². The number of rotatable bonds is 3. The molecule has 124 valence electrons. The van der Waals surface area contributed by atoms with Gasteiger partial charge in [-0.1, -0.05) is 11.6 Å². The van der Waals surface area contributed by atoms with Crippen molar-refractivity contribution in [2.45, 2.75) is 0 Å². The third kappa shape index (κ3) is 3.42. The Morgan fingerprint density at radius 2 is 2.04 bits per heavy atom. The van der Waals surface area contributed by atoms with Crippen molar-refractivity contribution in [3.63, 3.8) is 0 Å². The van der Waals surface area contributed by atoms with Gasteiger partial charge in [-0.2, -0.15) is 4.31 Å². The van der Waals surface area contributed by atoms with E-state index in [2.05, 4.69) is 4.98 Å². The lowest BCUT2D eigenvalue weighted by atomic mass is 10.3. The minimum absolute atomic E-state index is 0.167. The normalized spacial score (nSPS) is 17.4. The van der Waals surface area contributed by atoms with Crippen LogP contribution in [0.25, 0.3) is 11.0 Å². The van der Waals surface area contributed by atoms with Crippen molar-refractivity contribution in [1.29, 1.82) is 0 Å². The molecule has 0 unspecified atom stereocenters. The van der Waals surface area contributed by atoms with Crippen molar-refractivity contribution in [1.82, 2.24) is 18.6 Å². The summed E-state index contributed by atoms with van der Waals surface area (Å²) in [5, 5.41) is 2.24. The van der Waals surface area contributed by atoms with E-state index in [0.29, 0.717) is 37.0 Å². The number of aromatic nitrogens is 2. The van der Waals surface area contributed by atoms with Crippen LogP contribution in [-0.4, -0.2) is 65.3 Å². The summed E-state index contributed by atoms with van der Waals surface area (Å²) in [5.74, 6) is -0.167. The smallest absolute Gasteiger partial charge is 0.246 e. The predicted octanol–water partition coefficient (Wildman–Crippen LogP) is 1.17. The average Bonchev–Trinajstić information content (AvgIpc) is 3.05. The lowest BCUT2D eigenvalue weighted by Crippen LogP contribution is -2.49. The Morgan fingerprint density at radius 3 is 2.70 bits per heavy atom. The predicted molar refractivity (Wildman–Crippen MR) is 90.1 cm³/mol. The number of hydrogen-bond donors (Lipinski definition) is 0. The van der Waals surface area contributed by atoms with Crippen molar-refractivity contribution in [3.05, 3.63) is 28.5 Å². The van der Waals surface area contributed by atoms with Gasteiger partial charge in [-0.25, -0.2) is 13.4 Å². The molecule has 3 rings (SSSR count). The summed E-state index contributed by atoms with van der Waals surface area (Å²) >= 11 is 7.54. The number of fused-ring (bicyclic) bond motifs is 1. The van der Waals surface area contributed by atoms with Crippen LogP contribution in [0, 0.1) is 0 Å². The molecule has 7 nitrogen and oxygen atoms in total. The van der Waals surface area contributed by atoms with E-state index in [4.69, 9.17) is 11.6 Å². The van der Waals surface area contributed by atoms with Gasteiger partial charge in [0.25, 0.3) is 0 Å². The van der Waals surface area contributed by atoms with Gasteiger partial charge in [0.15, 0.2) is 10.1 Å². The van der Waals surface area contributed by atoms with E-state index < -0.39 is 10.0 Å². The summed E-state index contributed by atoms with van der Waals surface area (Å²) in [5.41, 5.74) is 0.658. The summed E-state index contributed by atoms with van der Waals surface area (Å²) in [7, 11) is -3.20. The van der Waals surface area contributed by atoms with Crippen molar-refractivity contribution >= 4 is 49.9 Å². The second-order valence-electron chi connectivity index (χ2n) is 5.16. The number of imidazole rings is 1. The Hall–Kier alpha value is -1.42. The minimum Gasteiger partial charge on any atom is -0.337 e. The molecule has 0 aromatic carbocycles. The van der Waals surface area contributed by atoms with Crippen LogP contribution in [0.2, 0.25) is 5.15 Å². The highest BCUT2D eigenvalue weighted by Crippen LogP contribution is 2.22. The molecule has 0 bridgehead atoms. The van der Waals surface area contributed by atoms with Crippen LogP contribution in [0.15, 0.2) is 17.7 Å². The number of halogens is 1. The molecule has 2 aromatic heterocycles. The fourth-order valence-corrected chi connectivity index (χ4v) is 4.25. The van der Waals surface area contributed by atoms with Crippen molar-refractivity contribution in [2.24, 2.45) is 0 Å². The first-order valence-electron chi connectivity index (χ1n) is 6.89. The molecule has 1 saturated heterocycles. The van der Waals surface area contributed by atoms with Crippen LogP contribution in [0.3, 0.4) is 0 Å². The average molecular weight is 375 g/mol. The van der Waals surface area contributed by atoms with Crippen LogP contribution in [0.4, 0.5) is 0 Å². The number of nitrogens with zero attached hydrogens (tertiary/aromatic N) is 4. The van der Waals surface area contributed by atoms with E-state index in [9.17, 15) is 13.2 Å². The van der Waals surface area contributed by atoms with E-state index in [0.717, 1.165) is 4.96 Å². The van der Waals surface area contributed by atoms with Gasteiger partial charge < -0.3 is 4.90 Å². The Kier molecular flexibility index (Phi) is 4.45. The van der Waals surface area contributed by atoms with Crippen molar-refractivity contribution in [3.8, 4) is 0 Å². The number of sulfonamides is 1. The summed E-state index contributed by atoms with van der Waals surface area (Å²) in [6, 6.07) is 0. The van der Waals surface area contributed by atoms with Gasteiger partial charge in [-0.05, 0) is 6.08 Å². The fourth-order valence-electron chi connectivity index (χ4n) is 2.42. The minimum atomic E-state index is -3.20. The third-order valence-corrected chi connectivity index (χ3v) is 6.00. The van der Waals surface area contributed by atoms with Gasteiger partial charge in [-0.3, -0.25) is 9.20 Å². The topological polar surface area (TPSA) is 75.0 Å². The summed E-state index contributed by atoms with van der Waals surface area (Å²) in [4.78, 5) is 18.8. The first kappa shape index (κ1) is 16.4. The van der Waals surface area contributed by atoms with E-state index >= 15 is 0 Å². The molecule has 0 saturated carbocycles. The van der Waals surface area contributed by atoms with Crippen LogP contribution < -0.4 is 0 Å². The Bertz CT molecular complexity index is 863. The van der Waals surface area contributed by atoms with Crippen LogP contribution >= 0.6 is 22.9 Å². The monoisotopic (exact) mass is 374 g/mol. The molecule has 10 heteroatoms. The standard InChI is InChI=1S/C13H15ClN4O3S2/c1-23(20,21)17-6-4-16(5-7-17)11(19)3-2-10-12(14)15-13-18(10)8-9-22-13/h2-3,8-9H,4-7H2,1H3/b3-2+. The summed E-state index contributed by atoms with van der Waals surface area (Å²) in [6.07, 6.45) is 6.11. The van der Waals surface area contributed by atoms with Crippen LogP contribution in [0.5, 0.6) is 0 Å². The van der Waals surface area contributed by atoms with E-state index in [1.807, 2.05) is 16.0 Å². The zero-order valence-corrected chi connectivity index (χ0v) is 14.7. The maximum atomic E-state index is 12.2. The number of hydrogen-bond acceptors (Lipinski definition) is 5. The van der Waals surface area contributed by atoms with E-state index in [1.54, 1.807) is 11.0 Å². The highest BCUT2D eigenvalue weighted by molar-refractivity contribution is 7.88. The maximum Gasteiger partial charge on any atom is 0.246 e. The fraction of sp³-hybridized carbons (Fsp3) is 0.385. The number of piperazine rings is 1. The highest BCUT2D eigenvalue weighted by atomic mass is 35.5. The van der Waals surface area contributed by atoms with Crippen LogP contribution in [-0.2, 0) is 14.8 Å². The summed E-state index contributed by atoms with van der Waals surface area (Å²) in [6.45, 7) is 1.40. The highest BCUT2D eigenvalue weighted by Gasteiger charge is 2.25. The van der Waals surface area contributed by atoms with E-state index in [-0.39, 0.29) is 5.91 Å². The van der Waals surface area contributed by atoms with Gasteiger partial charge in [0.2, 0.25) is 15.9 Å². The van der Waals surface area contributed by atoms with E-state index in [1.165, 1.54) is 28.0 Å². The number of amides is 1. The van der Waals surface area contributed by atoms with Crippen molar-refractivity contribution in [2.75, 3.05) is 32.4 Å². The summed E-state index contributed by atoms with van der Waals surface area (Å²) < 4.78 is 26.1. The maximum absolute atomic E-state index is 12.2. The Labute approximate surface area is 142 Å². The molecular weight excluding hydrogens is 360 g/mol. The lowest BCUT2D eigenvalue weighted by molar-refractivity contribution is -0.127. The van der Waals surface area contributed by atoms with Crippen molar-refractivity contribution < 1.29 is 13.2 Å². The van der Waals surface area contributed by atoms with Gasteiger partial charge in [0.1, 0.15) is 0 Å². The van der Waals surface area contributed by atoms with Crippen LogP contribution in [0.1, 0.15) is 5.69 Å². The number of thiazole rings is 1. The molecule has 3 heterocycles. The molecule has 1 amide bonds. The van der Waals surface area contributed by atoms with Gasteiger partial charge in [0, 0.05) is 43.8 Å². The number of carbonyl (C=O) groups excluding carboxylic acids is 1. The third-order valence-electron chi connectivity index (χ3n) is 3.66. The zero-order valence-electron chi connectivity index (χ0n) is 12.3. The number of carbonyl (C=O) groups is 1. The lowest BCUT2D eigenvalue weighted by Gasteiger charge is -2.32. The molecule has 0 atom stereocenters. The molecule has 1 aliphatic heterocycles. The molecule has 0 aliphatic carbocycles. The second kappa shape index (κ2) is 6.23. The Balaban J connectivity index is 1.68. The first-order chi connectivity index (χ1) is 10.9. The van der Waals surface area contributed by atoms with Gasteiger partial charge >= 0.3 is 0 Å². The second-order valence-corrected chi connectivity index (χ2v) is 8.38. The first-order valence-corrected chi connectivity index (χ1v) is 10.00. The molecule has 0 N–H and O–H groups in total. The van der Waals surface area contributed by atoms with Gasteiger partial charge in [0.05, 0.1) is 11.9 Å². The SMILES string of the molecule is CS(=O)(=O)N1CCN(C(=O)/C=C/c2c(Cl)nc3sccn23)CC1. The molecular formula is C13H15ClN4O3S2. The molecule has 1 aliphatic rings. The largest absolute Gasteiger partial charge is 0.337 e. The quantitative estimate of drug-likeness (QED) is 0.756. The molecule has 0 radical (unpaired) electrons. The zero-order chi connectivity index (χ0) is 16.6. The molecule has 23 heavy (non-hydrogen) atoms. The molecule has 2 aromatic rings. The molecule has 0 spiro atoms. The molecule has 1 fully saturated rings.